The van der Waals surface area contributed by atoms with Gasteiger partial charge in [-0.05, 0) is 6.42 Å². The van der Waals surface area contributed by atoms with E-state index in [1.165, 1.54) is 0 Å². The molecule has 4 nitrogen and oxygen atoms in total. The third kappa shape index (κ3) is 4.49. The Morgan fingerprint density at radius 1 is 0.960 bits per heavy atom. The number of aliphatic hydroxyl groups is 1. The summed E-state index contributed by atoms with van der Waals surface area (Å²) in [5, 5.41) is 12.8. The second-order valence-electron chi connectivity index (χ2n) is 5.95. The maximum absolute atomic E-state index is 13.4. The lowest BCUT2D eigenvalue weighted by Gasteiger charge is -2.24. The van der Waals surface area contributed by atoms with Crippen LogP contribution in [0, 0.1) is 0 Å². The highest BCUT2D eigenvalue weighted by molar-refractivity contribution is 7.68. The molecule has 0 unspecified atom stereocenters. The van der Waals surface area contributed by atoms with Crippen molar-refractivity contribution in [3.8, 4) is 0 Å². The lowest BCUT2D eigenvalue weighted by atomic mass is 10.2. The Morgan fingerprint density at radius 3 is 1.88 bits per heavy atom. The smallest absolute Gasteiger partial charge is 0.198 e. The van der Waals surface area contributed by atoms with E-state index >= 15 is 0 Å². The molecule has 1 aliphatic heterocycles. The maximum atomic E-state index is 13.4. The molecule has 0 spiro atoms. The molecule has 0 saturated heterocycles. The summed E-state index contributed by atoms with van der Waals surface area (Å²) in [4.78, 5) is 0. The molecule has 3 rings (SSSR count). The fourth-order valence-corrected chi connectivity index (χ4v) is 4.37. The van der Waals surface area contributed by atoms with Gasteiger partial charge >= 0.3 is 0 Å². The molecule has 0 saturated carbocycles. The van der Waals surface area contributed by atoms with Crippen molar-refractivity contribution in [3.63, 3.8) is 0 Å². The molecule has 1 atom stereocenters. The van der Waals surface area contributed by atoms with Crippen molar-refractivity contribution >= 4 is 18.8 Å². The third-order valence-electron chi connectivity index (χ3n) is 4.00. The van der Waals surface area contributed by atoms with Gasteiger partial charge in [-0.25, -0.2) is 0 Å². The predicted octanol–water partition coefficient (Wildman–Crippen LogP) is 4.65. The van der Waals surface area contributed by atoms with Crippen molar-refractivity contribution in [3.05, 3.63) is 83.4 Å². The summed E-state index contributed by atoms with van der Waals surface area (Å²) < 4.78 is 19.4. The highest BCUT2D eigenvalue weighted by atomic mass is 31.2. The van der Waals surface area contributed by atoms with Gasteiger partial charge in [0.15, 0.2) is 7.29 Å². The van der Waals surface area contributed by atoms with Gasteiger partial charge in [0.05, 0.1) is 6.10 Å². The molecular weight excluding hydrogens is 333 g/mol. The molecule has 25 heavy (non-hydrogen) atoms. The second kappa shape index (κ2) is 7.83. The van der Waals surface area contributed by atoms with Crippen LogP contribution < -0.4 is 5.09 Å². The summed E-state index contributed by atoms with van der Waals surface area (Å²) in [6, 6.07) is 19.2. The molecule has 130 valence electrons. The van der Waals surface area contributed by atoms with Crippen LogP contribution in [-0.4, -0.2) is 17.8 Å². The molecule has 1 heterocycles. The topological polar surface area (TPSA) is 58.6 Å². The van der Waals surface area contributed by atoms with E-state index < -0.39 is 13.4 Å². The highest BCUT2D eigenvalue weighted by Crippen LogP contribution is 2.53. The summed E-state index contributed by atoms with van der Waals surface area (Å²) >= 11 is 0. The number of benzene rings is 2. The minimum absolute atomic E-state index is 0.269. The molecule has 0 fully saturated rings. The Kier molecular flexibility index (Phi) is 5.54. The lowest BCUT2D eigenvalue weighted by Crippen LogP contribution is -2.23. The largest absolute Gasteiger partial charge is 0.456 e. The fourth-order valence-electron chi connectivity index (χ4n) is 2.51. The van der Waals surface area contributed by atoms with Gasteiger partial charge in [0.25, 0.3) is 0 Å². The lowest BCUT2D eigenvalue weighted by molar-refractivity contribution is 0.174. The number of hydrogen-bond donors (Lipinski definition) is 2. The normalized spacial score (nSPS) is 17.2. The molecule has 2 N–H and O–H groups in total. The van der Waals surface area contributed by atoms with E-state index in [1.807, 2.05) is 67.6 Å². The minimum Gasteiger partial charge on any atom is -0.456 e. The van der Waals surface area contributed by atoms with Gasteiger partial charge in [0, 0.05) is 29.3 Å². The standard InChI is InChI=1S/C20H22NO3P/c1-2-18(22)13-21-25(23)14-19(16-9-5-3-6-10-16)24-20(15-25)17-11-7-4-8-12-17/h3-12,14-15,18,22H,2,13H2,1H3,(H,21,23)/t18-/m1/s1. The average Bonchev–Trinajstić information content (AvgIpc) is 2.67. The summed E-state index contributed by atoms with van der Waals surface area (Å²) in [5.41, 5.74) is 1.73. The van der Waals surface area contributed by atoms with Gasteiger partial charge in [-0.1, -0.05) is 67.6 Å². The van der Waals surface area contributed by atoms with Crippen LogP contribution >= 0.6 is 7.29 Å². The Morgan fingerprint density at radius 2 is 1.44 bits per heavy atom. The van der Waals surface area contributed by atoms with Crippen LogP contribution in [0.2, 0.25) is 0 Å². The summed E-state index contributed by atoms with van der Waals surface area (Å²) in [5.74, 6) is 4.39. The molecule has 0 aromatic heterocycles. The predicted molar refractivity (Wildman–Crippen MR) is 102 cm³/mol. The van der Waals surface area contributed by atoms with E-state index in [0.717, 1.165) is 11.1 Å². The van der Waals surface area contributed by atoms with E-state index in [-0.39, 0.29) is 6.54 Å². The number of aliphatic hydroxyl groups excluding tert-OH is 1. The van der Waals surface area contributed by atoms with Crippen LogP contribution in [0.3, 0.4) is 0 Å². The van der Waals surface area contributed by atoms with Crippen molar-refractivity contribution in [2.45, 2.75) is 19.4 Å². The van der Waals surface area contributed by atoms with Gasteiger partial charge in [0.1, 0.15) is 11.5 Å². The van der Waals surface area contributed by atoms with Crippen molar-refractivity contribution in [1.82, 2.24) is 5.09 Å². The van der Waals surface area contributed by atoms with E-state index in [4.69, 9.17) is 4.74 Å². The fraction of sp³-hybridized carbons (Fsp3) is 0.200. The second-order valence-corrected chi connectivity index (χ2v) is 8.21. The summed E-state index contributed by atoms with van der Waals surface area (Å²) in [6.45, 7) is 2.16. The first-order valence-electron chi connectivity index (χ1n) is 8.36. The monoisotopic (exact) mass is 355 g/mol. The van der Waals surface area contributed by atoms with Crippen LogP contribution in [0.4, 0.5) is 0 Å². The molecule has 2 aromatic carbocycles. The van der Waals surface area contributed by atoms with Crippen molar-refractivity contribution in [1.29, 1.82) is 0 Å². The molecular formula is C20H22NO3P. The third-order valence-corrected chi connectivity index (χ3v) is 5.91. The van der Waals surface area contributed by atoms with Crippen LogP contribution in [0.15, 0.2) is 72.3 Å². The van der Waals surface area contributed by atoms with Gasteiger partial charge in [-0.3, -0.25) is 9.65 Å². The van der Waals surface area contributed by atoms with Crippen LogP contribution in [-0.2, 0) is 9.30 Å². The Labute approximate surface area is 148 Å². The first-order chi connectivity index (χ1) is 12.1. The Balaban J connectivity index is 1.96. The van der Waals surface area contributed by atoms with Crippen LogP contribution in [0.1, 0.15) is 24.5 Å². The van der Waals surface area contributed by atoms with Crippen LogP contribution in [0.5, 0.6) is 0 Å². The molecule has 1 aliphatic rings. The molecule has 2 aromatic rings. The molecule has 0 amide bonds. The molecule has 5 heteroatoms. The van der Waals surface area contributed by atoms with Gasteiger partial charge in [-0.15, -0.1) is 0 Å². The highest BCUT2D eigenvalue weighted by Gasteiger charge is 2.27. The first-order valence-corrected chi connectivity index (χ1v) is 10.2. The van der Waals surface area contributed by atoms with E-state index in [0.29, 0.717) is 17.9 Å². The number of ether oxygens (including phenoxy) is 1. The average molecular weight is 355 g/mol. The van der Waals surface area contributed by atoms with Gasteiger partial charge in [-0.2, -0.15) is 0 Å². The quantitative estimate of drug-likeness (QED) is 0.741. The SMILES string of the molecule is CC[C@@H](O)CNP1(=O)C=C(c2ccccc2)OC(c2ccccc2)=C1. The van der Waals surface area contributed by atoms with Crippen LogP contribution in [0.25, 0.3) is 11.5 Å². The summed E-state index contributed by atoms with van der Waals surface area (Å²) in [6.07, 6.45) is 0.0735. The van der Waals surface area contributed by atoms with Crippen molar-refractivity contribution in [2.24, 2.45) is 0 Å². The number of hydrogen-bond acceptors (Lipinski definition) is 3. The molecule has 0 aliphatic carbocycles. The molecule has 0 bridgehead atoms. The number of nitrogens with one attached hydrogen (secondary N) is 1. The summed E-state index contributed by atoms with van der Waals surface area (Å²) in [7, 11) is -2.98. The zero-order valence-electron chi connectivity index (χ0n) is 14.1. The van der Waals surface area contributed by atoms with Gasteiger partial charge < -0.3 is 9.84 Å². The van der Waals surface area contributed by atoms with Crippen molar-refractivity contribution < 1.29 is 14.4 Å². The minimum atomic E-state index is -2.98. The van der Waals surface area contributed by atoms with E-state index in [1.54, 1.807) is 11.6 Å². The van der Waals surface area contributed by atoms with Crippen molar-refractivity contribution in [2.75, 3.05) is 6.54 Å². The zero-order chi connectivity index (χ0) is 17.7. The first kappa shape index (κ1) is 17.7. The van der Waals surface area contributed by atoms with Gasteiger partial charge in [0.2, 0.25) is 0 Å². The number of rotatable bonds is 6. The Bertz CT molecular complexity index is 756. The maximum Gasteiger partial charge on any atom is 0.198 e. The molecule has 0 radical (unpaired) electrons. The zero-order valence-corrected chi connectivity index (χ0v) is 15.0. The van der Waals surface area contributed by atoms with E-state index in [9.17, 15) is 9.67 Å². The Hall–Kier alpha value is -2.13. The van der Waals surface area contributed by atoms with E-state index in [2.05, 4.69) is 5.09 Å².